The summed E-state index contributed by atoms with van der Waals surface area (Å²) in [4.78, 5) is 12.6. The summed E-state index contributed by atoms with van der Waals surface area (Å²) in [6.45, 7) is 0. The van der Waals surface area contributed by atoms with Crippen molar-refractivity contribution in [2.75, 3.05) is 10.0 Å². The Bertz CT molecular complexity index is 984. The van der Waals surface area contributed by atoms with E-state index in [1.807, 2.05) is 24.4 Å². The Morgan fingerprint density at radius 1 is 1.19 bits per heavy atom. The molecule has 0 amide bonds. The lowest BCUT2D eigenvalue weighted by Gasteiger charge is -2.27. The van der Waals surface area contributed by atoms with Crippen molar-refractivity contribution in [3.05, 3.63) is 58.6 Å². The minimum atomic E-state index is -0.198. The molecule has 0 radical (unpaired) electrons. The Morgan fingerprint density at radius 2 is 2.08 bits per heavy atom. The van der Waals surface area contributed by atoms with Gasteiger partial charge in [0.2, 0.25) is 0 Å². The van der Waals surface area contributed by atoms with E-state index in [4.69, 9.17) is 4.74 Å². The maximum atomic E-state index is 12.6. The van der Waals surface area contributed by atoms with Crippen molar-refractivity contribution in [3.8, 4) is 0 Å². The number of allylic oxidation sites excluding steroid dienone is 2. The number of rotatable bonds is 2. The monoisotopic (exact) mass is 364 g/mol. The zero-order chi connectivity index (χ0) is 17.5. The molecule has 0 aromatic heterocycles. The summed E-state index contributed by atoms with van der Waals surface area (Å²) >= 11 is 1.66. The molecule has 4 aliphatic rings. The van der Waals surface area contributed by atoms with Gasteiger partial charge >= 0.3 is 5.97 Å². The molecule has 26 heavy (non-hydrogen) atoms. The average Bonchev–Trinajstić information content (AvgIpc) is 3.20. The number of carbonyl (C=O) groups excluding carboxylic acids is 1. The second-order valence-corrected chi connectivity index (χ2v) is 7.94. The summed E-state index contributed by atoms with van der Waals surface area (Å²) in [6, 6.07) is 4.26. The minimum Gasteiger partial charge on any atom is -0.459 e. The highest BCUT2D eigenvalue weighted by Crippen LogP contribution is 2.34. The molecule has 1 saturated carbocycles. The second-order valence-electron chi connectivity index (χ2n) is 6.99. The van der Waals surface area contributed by atoms with E-state index in [0.29, 0.717) is 5.57 Å². The van der Waals surface area contributed by atoms with Crippen molar-refractivity contribution in [1.29, 1.82) is 0 Å². The zero-order valence-corrected chi connectivity index (χ0v) is 15.1. The SMILES string of the molecule is O=C(OC1CCCC1)C1=CC2=c3ccc4c(c3NSC2C=C1)NC=CC=4. The molecule has 0 bridgehead atoms. The maximum absolute atomic E-state index is 12.6. The van der Waals surface area contributed by atoms with Gasteiger partial charge in [-0.2, -0.15) is 0 Å². The number of hydrogen-bond acceptors (Lipinski definition) is 5. The first-order chi connectivity index (χ1) is 12.8. The number of nitrogens with one attached hydrogen (secondary N) is 2. The van der Waals surface area contributed by atoms with Crippen molar-refractivity contribution in [2.24, 2.45) is 0 Å². The predicted octanol–water partition coefficient (Wildman–Crippen LogP) is 2.98. The number of esters is 1. The Hall–Kier alpha value is -2.40. The lowest BCUT2D eigenvalue weighted by molar-refractivity contribution is -0.143. The van der Waals surface area contributed by atoms with Gasteiger partial charge in [-0.25, -0.2) is 4.79 Å². The van der Waals surface area contributed by atoms with E-state index in [1.165, 1.54) is 0 Å². The van der Waals surface area contributed by atoms with Crippen LogP contribution in [0.5, 0.6) is 0 Å². The third-order valence-corrected chi connectivity index (χ3v) is 6.30. The molecule has 4 nitrogen and oxygen atoms in total. The standard InChI is InChI=1S/C21H20N2O2S/c24-21(25-15-5-1-2-6-15)14-8-10-18-17(12-14)16-9-7-13-4-3-11-22-19(13)20(16)23-26-18/h3-4,7-12,15,18,22-23H,1-2,5-6H2. The molecule has 1 aromatic rings. The van der Waals surface area contributed by atoms with Gasteiger partial charge in [-0.1, -0.05) is 30.4 Å². The van der Waals surface area contributed by atoms with Crippen LogP contribution in [0, 0.1) is 0 Å². The molecule has 132 valence electrons. The number of ether oxygens (including phenoxy) is 1. The smallest absolute Gasteiger partial charge is 0.338 e. The molecular weight excluding hydrogens is 344 g/mol. The number of anilines is 2. The van der Waals surface area contributed by atoms with E-state index in [2.05, 4.69) is 34.3 Å². The molecular formula is C21H20N2O2S. The van der Waals surface area contributed by atoms with Crippen molar-refractivity contribution < 1.29 is 9.53 Å². The van der Waals surface area contributed by atoms with Gasteiger partial charge in [-0.15, -0.1) is 0 Å². The molecule has 5 rings (SSSR count). The molecule has 5 heteroatoms. The van der Waals surface area contributed by atoms with Crippen LogP contribution < -0.4 is 20.5 Å². The van der Waals surface area contributed by atoms with Crippen LogP contribution >= 0.6 is 11.9 Å². The summed E-state index contributed by atoms with van der Waals surface area (Å²) in [6.07, 6.45) is 16.4. The summed E-state index contributed by atoms with van der Waals surface area (Å²) in [5, 5.41) is 5.84. The van der Waals surface area contributed by atoms with Crippen LogP contribution in [0.25, 0.3) is 11.6 Å². The number of hydrogen-bond donors (Lipinski definition) is 2. The average molecular weight is 364 g/mol. The molecule has 1 aromatic carbocycles. The van der Waals surface area contributed by atoms with Crippen LogP contribution in [-0.4, -0.2) is 17.3 Å². The number of benzene rings is 1. The van der Waals surface area contributed by atoms with Crippen molar-refractivity contribution >= 4 is 40.9 Å². The molecule has 0 spiro atoms. The third kappa shape index (κ3) is 2.67. The fraction of sp³-hybridized carbons (Fsp3) is 0.286. The maximum Gasteiger partial charge on any atom is 0.338 e. The quantitative estimate of drug-likeness (QED) is 0.624. The van der Waals surface area contributed by atoms with E-state index in [9.17, 15) is 4.79 Å². The molecule has 2 heterocycles. The topological polar surface area (TPSA) is 50.4 Å². The predicted molar refractivity (Wildman–Crippen MR) is 107 cm³/mol. The van der Waals surface area contributed by atoms with Crippen molar-refractivity contribution in [3.63, 3.8) is 0 Å². The van der Waals surface area contributed by atoms with Gasteiger partial charge in [0.1, 0.15) is 6.10 Å². The summed E-state index contributed by atoms with van der Waals surface area (Å²) < 4.78 is 9.16. The first-order valence-electron chi connectivity index (χ1n) is 9.13. The van der Waals surface area contributed by atoms with E-state index >= 15 is 0 Å². The second kappa shape index (κ2) is 6.40. The number of fused-ring (bicyclic) bond motifs is 4. The molecule has 1 atom stereocenters. The largest absolute Gasteiger partial charge is 0.459 e. The van der Waals surface area contributed by atoms with Gasteiger partial charge in [-0.3, -0.25) is 0 Å². The Labute approximate surface area is 156 Å². The lowest BCUT2D eigenvalue weighted by atomic mass is 9.97. The fourth-order valence-corrected chi connectivity index (χ4v) is 4.88. The molecule has 2 aliphatic carbocycles. The molecule has 0 saturated heterocycles. The zero-order valence-electron chi connectivity index (χ0n) is 14.3. The highest BCUT2D eigenvalue weighted by molar-refractivity contribution is 8.01. The van der Waals surface area contributed by atoms with Gasteiger partial charge in [0, 0.05) is 16.6 Å². The highest BCUT2D eigenvalue weighted by atomic mass is 32.2. The summed E-state index contributed by atoms with van der Waals surface area (Å²) in [5.74, 6) is -0.198. The van der Waals surface area contributed by atoms with Crippen LogP contribution in [0.3, 0.4) is 0 Å². The van der Waals surface area contributed by atoms with Crippen LogP contribution in [0.2, 0.25) is 0 Å². The van der Waals surface area contributed by atoms with E-state index < -0.39 is 0 Å². The van der Waals surface area contributed by atoms with E-state index in [1.54, 1.807) is 11.9 Å². The van der Waals surface area contributed by atoms with Crippen LogP contribution in [-0.2, 0) is 9.53 Å². The van der Waals surface area contributed by atoms with Crippen LogP contribution in [0.1, 0.15) is 25.7 Å². The van der Waals surface area contributed by atoms with Gasteiger partial charge in [0.05, 0.1) is 22.2 Å². The van der Waals surface area contributed by atoms with Gasteiger partial charge in [-0.05, 0) is 55.4 Å². The number of carbonyl (C=O) groups is 1. The Morgan fingerprint density at radius 3 is 2.96 bits per heavy atom. The van der Waals surface area contributed by atoms with Crippen LogP contribution in [0.4, 0.5) is 11.4 Å². The molecule has 1 unspecified atom stereocenters. The Balaban J connectivity index is 1.56. The summed E-state index contributed by atoms with van der Waals surface area (Å²) in [5.41, 5.74) is 3.97. The Kier molecular flexibility index (Phi) is 3.89. The normalized spacial score (nSPS) is 23.0. The van der Waals surface area contributed by atoms with Crippen molar-refractivity contribution in [2.45, 2.75) is 37.0 Å². The minimum absolute atomic E-state index is 0.0905. The fourth-order valence-electron chi connectivity index (χ4n) is 3.94. The van der Waals surface area contributed by atoms with Crippen LogP contribution in [0.15, 0.2) is 48.2 Å². The third-order valence-electron chi connectivity index (χ3n) is 5.32. The first-order valence-corrected chi connectivity index (χ1v) is 10.0. The van der Waals surface area contributed by atoms with Crippen molar-refractivity contribution in [1.82, 2.24) is 0 Å². The molecule has 2 aliphatic heterocycles. The highest BCUT2D eigenvalue weighted by Gasteiger charge is 2.27. The van der Waals surface area contributed by atoms with Gasteiger partial charge in [0.15, 0.2) is 0 Å². The first kappa shape index (κ1) is 15.8. The van der Waals surface area contributed by atoms with E-state index in [-0.39, 0.29) is 17.3 Å². The van der Waals surface area contributed by atoms with E-state index in [0.717, 1.165) is 53.1 Å². The van der Waals surface area contributed by atoms with Gasteiger partial charge < -0.3 is 14.8 Å². The van der Waals surface area contributed by atoms with Gasteiger partial charge in [0.25, 0.3) is 0 Å². The molecule has 1 fully saturated rings. The summed E-state index contributed by atoms with van der Waals surface area (Å²) in [7, 11) is 0. The lowest BCUT2D eigenvalue weighted by Crippen LogP contribution is -2.29. The molecule has 2 N–H and O–H groups in total.